The second-order valence-electron chi connectivity index (χ2n) is 7.50. The number of aryl methyl sites for hydroxylation is 1. The first kappa shape index (κ1) is 21.9. The maximum atomic E-state index is 13.4. The third kappa shape index (κ3) is 5.21. The van der Waals surface area contributed by atoms with E-state index in [1.807, 2.05) is 47.7 Å². The monoisotopic (exact) mass is 424 g/mol. The number of carbonyl (C=O) groups excluding carboxylic acids is 1. The highest BCUT2D eigenvalue weighted by molar-refractivity contribution is 8.00. The van der Waals surface area contributed by atoms with Crippen LogP contribution in [0.3, 0.4) is 0 Å². The lowest BCUT2D eigenvalue weighted by molar-refractivity contribution is -0.118. The van der Waals surface area contributed by atoms with Crippen molar-refractivity contribution in [1.29, 1.82) is 0 Å². The smallest absolute Gasteiger partial charge is 0.240 e. The molecule has 158 valence electrons. The Bertz CT molecular complexity index is 968. The van der Waals surface area contributed by atoms with E-state index in [9.17, 15) is 4.79 Å². The minimum Gasteiger partial charge on any atom is -0.497 e. The van der Waals surface area contributed by atoms with E-state index in [0.717, 1.165) is 17.0 Å². The largest absolute Gasteiger partial charge is 0.497 e. The first-order chi connectivity index (χ1) is 14.4. The van der Waals surface area contributed by atoms with Crippen molar-refractivity contribution in [3.8, 4) is 5.75 Å². The van der Waals surface area contributed by atoms with Crippen molar-refractivity contribution in [2.45, 2.75) is 43.6 Å². The van der Waals surface area contributed by atoms with E-state index in [2.05, 4.69) is 48.3 Å². The number of nitrogens with zero attached hydrogens (tertiary/aromatic N) is 4. The van der Waals surface area contributed by atoms with Crippen molar-refractivity contribution in [3.05, 3.63) is 66.0 Å². The van der Waals surface area contributed by atoms with Gasteiger partial charge in [0.2, 0.25) is 5.91 Å². The van der Waals surface area contributed by atoms with Crippen LogP contribution < -0.4 is 9.64 Å². The summed E-state index contributed by atoms with van der Waals surface area (Å²) in [5, 5.41) is 8.39. The molecular formula is C23H28N4O2S. The van der Waals surface area contributed by atoms with Crippen molar-refractivity contribution in [2.75, 3.05) is 12.0 Å². The quantitative estimate of drug-likeness (QED) is 0.492. The molecule has 6 nitrogen and oxygen atoms in total. The van der Waals surface area contributed by atoms with Crippen molar-refractivity contribution < 1.29 is 9.53 Å². The predicted molar refractivity (Wildman–Crippen MR) is 121 cm³/mol. The normalized spacial score (nSPS) is 12.1. The molecule has 1 aromatic heterocycles. The molecule has 0 fully saturated rings. The van der Waals surface area contributed by atoms with Crippen LogP contribution in [0.15, 0.2) is 60.0 Å². The number of benzene rings is 2. The Labute approximate surface area is 182 Å². The van der Waals surface area contributed by atoms with Crippen LogP contribution in [0.2, 0.25) is 0 Å². The number of rotatable bonds is 8. The molecule has 0 aliphatic rings. The maximum Gasteiger partial charge on any atom is 0.240 e. The van der Waals surface area contributed by atoms with Crippen LogP contribution >= 0.6 is 11.8 Å². The number of anilines is 1. The Balaban J connectivity index is 1.85. The number of thioether (sulfide) groups is 1. The summed E-state index contributed by atoms with van der Waals surface area (Å²) in [6, 6.07) is 16.0. The van der Waals surface area contributed by atoms with Gasteiger partial charge in [-0.2, -0.15) is 0 Å². The van der Waals surface area contributed by atoms with Crippen molar-refractivity contribution in [1.82, 2.24) is 14.8 Å². The summed E-state index contributed by atoms with van der Waals surface area (Å²) < 4.78 is 7.08. The van der Waals surface area contributed by atoms with Crippen LogP contribution in [0.5, 0.6) is 5.75 Å². The molecule has 0 spiro atoms. The highest BCUT2D eigenvalue weighted by atomic mass is 32.2. The summed E-state index contributed by atoms with van der Waals surface area (Å²) in [5.74, 6) is 1.25. The van der Waals surface area contributed by atoms with Crippen molar-refractivity contribution in [2.24, 2.45) is 7.05 Å². The van der Waals surface area contributed by atoms with E-state index in [0.29, 0.717) is 17.6 Å². The lowest BCUT2D eigenvalue weighted by Gasteiger charge is -2.26. The van der Waals surface area contributed by atoms with E-state index in [4.69, 9.17) is 4.74 Å². The average molecular weight is 425 g/mol. The van der Waals surface area contributed by atoms with Gasteiger partial charge >= 0.3 is 0 Å². The van der Waals surface area contributed by atoms with Gasteiger partial charge in [0, 0.05) is 12.7 Å². The Kier molecular flexibility index (Phi) is 7.15. The molecule has 2 aromatic carbocycles. The zero-order valence-corrected chi connectivity index (χ0v) is 18.9. The van der Waals surface area contributed by atoms with Crippen LogP contribution in [0, 0.1) is 0 Å². The highest BCUT2D eigenvalue weighted by Crippen LogP contribution is 2.27. The van der Waals surface area contributed by atoms with Crippen LogP contribution in [0.1, 0.15) is 37.8 Å². The molecular weight excluding hydrogens is 396 g/mol. The number of ether oxygens (including phenoxy) is 1. The van der Waals surface area contributed by atoms with Gasteiger partial charge in [-0.05, 0) is 48.2 Å². The van der Waals surface area contributed by atoms with Gasteiger partial charge in [-0.15, -0.1) is 10.2 Å². The summed E-state index contributed by atoms with van der Waals surface area (Å²) in [5.41, 5.74) is 3.20. The molecule has 0 saturated heterocycles. The molecule has 0 bridgehead atoms. The summed E-state index contributed by atoms with van der Waals surface area (Å²) in [4.78, 5) is 15.2. The van der Waals surface area contributed by atoms with Gasteiger partial charge in [0.1, 0.15) is 12.1 Å². The van der Waals surface area contributed by atoms with Gasteiger partial charge in [-0.3, -0.25) is 4.79 Å². The minimum atomic E-state index is -0.315. The number of aromatic nitrogens is 3. The van der Waals surface area contributed by atoms with E-state index in [1.54, 1.807) is 13.4 Å². The van der Waals surface area contributed by atoms with Gasteiger partial charge in [-0.1, -0.05) is 49.9 Å². The first-order valence-corrected chi connectivity index (χ1v) is 10.8. The fraction of sp³-hybridized carbons (Fsp3) is 0.348. The van der Waals surface area contributed by atoms with Gasteiger partial charge in [0.15, 0.2) is 5.16 Å². The molecule has 1 atom stereocenters. The van der Waals surface area contributed by atoms with Gasteiger partial charge in [0.05, 0.1) is 18.9 Å². The van der Waals surface area contributed by atoms with Crippen LogP contribution in [-0.4, -0.2) is 33.0 Å². The predicted octanol–water partition coefficient (Wildman–Crippen LogP) is 4.66. The molecule has 7 heteroatoms. The molecule has 1 amide bonds. The molecule has 1 unspecified atom stereocenters. The van der Waals surface area contributed by atoms with E-state index in [1.165, 1.54) is 17.3 Å². The zero-order valence-electron chi connectivity index (χ0n) is 18.1. The number of methoxy groups -OCH3 is 1. The molecule has 0 saturated carbocycles. The highest BCUT2D eigenvalue weighted by Gasteiger charge is 2.25. The van der Waals surface area contributed by atoms with Gasteiger partial charge in [0.25, 0.3) is 0 Å². The lowest BCUT2D eigenvalue weighted by atomic mass is 10.0. The van der Waals surface area contributed by atoms with Crippen molar-refractivity contribution >= 4 is 23.4 Å². The third-order valence-electron chi connectivity index (χ3n) is 4.94. The van der Waals surface area contributed by atoms with Crippen LogP contribution in [-0.2, 0) is 18.4 Å². The molecule has 30 heavy (non-hydrogen) atoms. The summed E-state index contributed by atoms with van der Waals surface area (Å²) in [7, 11) is 3.50. The number of carbonyl (C=O) groups is 1. The SMILES string of the molecule is COc1ccc(N(Cc2ccc(C(C)C)cc2)C(=O)C(C)Sc2nncn2C)cc1. The summed E-state index contributed by atoms with van der Waals surface area (Å²) >= 11 is 1.41. The average Bonchev–Trinajstić information content (AvgIpc) is 3.16. The number of amides is 1. The zero-order chi connectivity index (χ0) is 21.7. The van der Waals surface area contributed by atoms with E-state index < -0.39 is 0 Å². The van der Waals surface area contributed by atoms with Crippen LogP contribution in [0.4, 0.5) is 5.69 Å². The maximum absolute atomic E-state index is 13.4. The lowest BCUT2D eigenvalue weighted by Crippen LogP contribution is -2.36. The molecule has 0 aliphatic carbocycles. The topological polar surface area (TPSA) is 60.2 Å². The second kappa shape index (κ2) is 9.80. The Morgan fingerprint density at radius 1 is 1.10 bits per heavy atom. The van der Waals surface area contributed by atoms with E-state index >= 15 is 0 Å². The standard InChI is InChI=1S/C23H28N4O2S/c1-16(2)19-8-6-18(7-9-19)14-27(20-10-12-21(29-5)13-11-20)22(28)17(3)30-23-25-24-15-26(23)4/h6-13,15-17H,14H2,1-5H3. The van der Waals surface area contributed by atoms with Crippen molar-refractivity contribution in [3.63, 3.8) is 0 Å². The Morgan fingerprint density at radius 3 is 2.30 bits per heavy atom. The first-order valence-electron chi connectivity index (χ1n) is 9.94. The summed E-state index contributed by atoms with van der Waals surface area (Å²) in [6.45, 7) is 6.74. The van der Waals surface area contributed by atoms with E-state index in [-0.39, 0.29) is 11.2 Å². The molecule has 0 aliphatic heterocycles. The molecule has 1 heterocycles. The number of hydrogen-bond acceptors (Lipinski definition) is 5. The molecule has 3 aromatic rings. The molecule has 3 rings (SSSR count). The van der Waals surface area contributed by atoms with Gasteiger partial charge < -0.3 is 14.2 Å². The fourth-order valence-corrected chi connectivity index (χ4v) is 3.91. The van der Waals surface area contributed by atoms with Crippen LogP contribution in [0.25, 0.3) is 0 Å². The molecule has 0 radical (unpaired) electrons. The summed E-state index contributed by atoms with van der Waals surface area (Å²) in [6.07, 6.45) is 1.64. The second-order valence-corrected chi connectivity index (χ2v) is 8.81. The molecule has 0 N–H and O–H groups in total. The minimum absolute atomic E-state index is 0.0149. The fourth-order valence-electron chi connectivity index (χ4n) is 3.06. The van der Waals surface area contributed by atoms with Gasteiger partial charge in [-0.25, -0.2) is 0 Å². The Morgan fingerprint density at radius 2 is 1.77 bits per heavy atom. The third-order valence-corrected chi connectivity index (χ3v) is 6.07. The number of hydrogen-bond donors (Lipinski definition) is 0. The Hall–Kier alpha value is -2.80.